The Kier molecular flexibility index (Phi) is 2.24. The lowest BCUT2D eigenvalue weighted by Gasteiger charge is -2.14. The van der Waals surface area contributed by atoms with Crippen molar-refractivity contribution in [2.24, 2.45) is 0 Å². The van der Waals surface area contributed by atoms with E-state index in [-0.39, 0.29) is 12.4 Å². The summed E-state index contributed by atoms with van der Waals surface area (Å²) >= 11 is 0. The molecule has 0 amide bonds. The minimum Gasteiger partial charge on any atom is -0.476 e. The predicted octanol–water partition coefficient (Wildman–Crippen LogP) is 0.670. The number of ether oxygens (including phenoxy) is 1. The zero-order valence-electron chi connectivity index (χ0n) is 5.99. The number of aromatic nitrogens is 2. The zero-order valence-corrected chi connectivity index (χ0v) is 6.80. The summed E-state index contributed by atoms with van der Waals surface area (Å²) in [7, 11) is 0. The molecule has 1 aliphatic heterocycles. The second-order valence-corrected chi connectivity index (χ2v) is 2.33. The maximum absolute atomic E-state index is 5.55. The number of hydrogen-bond donors (Lipinski definition) is 1. The van der Waals surface area contributed by atoms with Crippen molar-refractivity contribution in [3.8, 4) is 5.88 Å². The van der Waals surface area contributed by atoms with Crippen LogP contribution in [-0.2, 0) is 6.54 Å². The number of halogens is 1. The van der Waals surface area contributed by atoms with E-state index in [1.807, 2.05) is 0 Å². The fraction of sp³-hybridized carbons (Fsp3) is 0.500. The third-order valence-corrected chi connectivity index (χ3v) is 1.57. The number of nitrogens with two attached hydrogens (primary N) is 1. The molecule has 1 aromatic rings. The third-order valence-electron chi connectivity index (χ3n) is 1.57. The molecule has 1 aliphatic rings. The molecule has 62 valence electrons. The van der Waals surface area contributed by atoms with Crippen molar-refractivity contribution >= 4 is 18.1 Å². The van der Waals surface area contributed by atoms with E-state index in [4.69, 9.17) is 10.5 Å². The molecule has 0 atom stereocenters. The van der Waals surface area contributed by atoms with Gasteiger partial charge in [0.05, 0.1) is 12.8 Å². The second kappa shape index (κ2) is 3.00. The first-order chi connectivity index (χ1) is 4.88. The van der Waals surface area contributed by atoms with Gasteiger partial charge in [0.15, 0.2) is 0 Å². The van der Waals surface area contributed by atoms with Crippen LogP contribution in [0.15, 0.2) is 6.20 Å². The smallest absolute Gasteiger partial charge is 0.235 e. The number of rotatable bonds is 0. The molecule has 11 heavy (non-hydrogen) atoms. The van der Waals surface area contributed by atoms with Gasteiger partial charge in [-0.05, 0) is 0 Å². The summed E-state index contributed by atoms with van der Waals surface area (Å²) in [6.07, 6.45) is 2.65. The van der Waals surface area contributed by atoms with E-state index in [1.165, 1.54) is 0 Å². The average molecular weight is 176 g/mol. The maximum atomic E-state index is 5.55. The number of aryl methyl sites for hydroxylation is 1. The molecule has 2 rings (SSSR count). The van der Waals surface area contributed by atoms with Crippen LogP contribution >= 0.6 is 12.4 Å². The van der Waals surface area contributed by atoms with Gasteiger partial charge in [-0.3, -0.25) is 0 Å². The highest BCUT2D eigenvalue weighted by Gasteiger charge is 2.12. The monoisotopic (exact) mass is 175 g/mol. The molecule has 0 aliphatic carbocycles. The molecule has 0 unspecified atom stereocenters. The van der Waals surface area contributed by atoms with Crippen LogP contribution in [0.5, 0.6) is 5.88 Å². The molecule has 1 aromatic heterocycles. The van der Waals surface area contributed by atoms with Crippen LogP contribution in [0.25, 0.3) is 0 Å². The predicted molar refractivity (Wildman–Crippen MR) is 44.0 cm³/mol. The molecule has 0 radical (unpaired) electrons. The highest BCUT2D eigenvalue weighted by atomic mass is 35.5. The normalized spacial score (nSPS) is 14.5. The Hall–Kier alpha value is -0.900. The Morgan fingerprint density at radius 3 is 3.18 bits per heavy atom. The average Bonchev–Trinajstić information content (AvgIpc) is 2.34. The van der Waals surface area contributed by atoms with Crippen LogP contribution in [-0.4, -0.2) is 16.4 Å². The van der Waals surface area contributed by atoms with Gasteiger partial charge in [-0.2, -0.15) is 5.10 Å². The Balaban J connectivity index is 0.000000605. The Morgan fingerprint density at radius 2 is 2.45 bits per heavy atom. The van der Waals surface area contributed by atoms with E-state index < -0.39 is 0 Å². The molecule has 5 heteroatoms. The molecule has 0 bridgehead atoms. The summed E-state index contributed by atoms with van der Waals surface area (Å²) in [5.74, 6) is 0.728. The van der Waals surface area contributed by atoms with Crippen molar-refractivity contribution < 1.29 is 4.74 Å². The van der Waals surface area contributed by atoms with Crippen molar-refractivity contribution in [3.05, 3.63) is 6.20 Å². The highest BCUT2D eigenvalue weighted by molar-refractivity contribution is 5.85. The molecule has 0 spiro atoms. The van der Waals surface area contributed by atoms with Gasteiger partial charge >= 0.3 is 0 Å². The maximum Gasteiger partial charge on any atom is 0.235 e. The van der Waals surface area contributed by atoms with Crippen LogP contribution in [0, 0.1) is 0 Å². The number of hydrogen-bond acceptors (Lipinski definition) is 3. The molecule has 0 saturated carbocycles. The second-order valence-electron chi connectivity index (χ2n) is 2.33. The Labute approximate surface area is 70.7 Å². The molecule has 2 heterocycles. The van der Waals surface area contributed by atoms with E-state index in [0.717, 1.165) is 25.5 Å². The van der Waals surface area contributed by atoms with Crippen molar-refractivity contribution in [1.29, 1.82) is 0 Å². The van der Waals surface area contributed by atoms with Crippen LogP contribution < -0.4 is 10.5 Å². The lowest BCUT2D eigenvalue weighted by Crippen LogP contribution is -2.15. The van der Waals surface area contributed by atoms with E-state index >= 15 is 0 Å². The lowest BCUT2D eigenvalue weighted by molar-refractivity contribution is 0.232. The standard InChI is InChI=1S/C6H9N3O.ClH/c7-5-4-8-9-2-1-3-10-6(5)9;/h4H,1-3,7H2;1H. The van der Waals surface area contributed by atoms with Gasteiger partial charge < -0.3 is 10.5 Å². The van der Waals surface area contributed by atoms with Crippen LogP contribution in [0.4, 0.5) is 5.69 Å². The Morgan fingerprint density at radius 1 is 1.64 bits per heavy atom. The van der Waals surface area contributed by atoms with Gasteiger partial charge in [-0.1, -0.05) is 0 Å². The summed E-state index contributed by atoms with van der Waals surface area (Å²) < 4.78 is 7.06. The van der Waals surface area contributed by atoms with Gasteiger partial charge in [0.1, 0.15) is 5.69 Å². The minimum atomic E-state index is 0. The SMILES string of the molecule is Cl.Nc1cnn2c1OCCC2. The fourth-order valence-electron chi connectivity index (χ4n) is 1.09. The van der Waals surface area contributed by atoms with Crippen LogP contribution in [0.1, 0.15) is 6.42 Å². The lowest BCUT2D eigenvalue weighted by atomic mass is 10.4. The molecule has 0 fully saturated rings. The molecule has 2 N–H and O–H groups in total. The van der Waals surface area contributed by atoms with Crippen LogP contribution in [0.3, 0.4) is 0 Å². The van der Waals surface area contributed by atoms with Crippen molar-refractivity contribution in [2.45, 2.75) is 13.0 Å². The molecular weight excluding hydrogens is 166 g/mol. The van der Waals surface area contributed by atoms with Gasteiger partial charge in [-0.25, -0.2) is 4.68 Å². The first-order valence-electron chi connectivity index (χ1n) is 3.32. The molecule has 0 saturated heterocycles. The highest BCUT2D eigenvalue weighted by Crippen LogP contribution is 2.23. The van der Waals surface area contributed by atoms with Crippen molar-refractivity contribution in [2.75, 3.05) is 12.3 Å². The zero-order chi connectivity index (χ0) is 6.97. The van der Waals surface area contributed by atoms with Crippen molar-refractivity contribution in [1.82, 2.24) is 9.78 Å². The van der Waals surface area contributed by atoms with E-state index in [0.29, 0.717) is 5.69 Å². The van der Waals surface area contributed by atoms with Crippen molar-refractivity contribution in [3.63, 3.8) is 0 Å². The largest absolute Gasteiger partial charge is 0.476 e. The van der Waals surface area contributed by atoms with E-state index in [2.05, 4.69) is 5.10 Å². The number of fused-ring (bicyclic) bond motifs is 1. The fourth-order valence-corrected chi connectivity index (χ4v) is 1.09. The quantitative estimate of drug-likeness (QED) is 0.631. The Bertz CT molecular complexity index is 248. The molecule has 0 aromatic carbocycles. The summed E-state index contributed by atoms with van der Waals surface area (Å²) in [4.78, 5) is 0. The van der Waals surface area contributed by atoms with E-state index in [9.17, 15) is 0 Å². The van der Waals surface area contributed by atoms with Gasteiger partial charge in [0.25, 0.3) is 0 Å². The summed E-state index contributed by atoms with van der Waals surface area (Å²) in [6.45, 7) is 1.68. The van der Waals surface area contributed by atoms with Gasteiger partial charge in [-0.15, -0.1) is 12.4 Å². The summed E-state index contributed by atoms with van der Waals surface area (Å²) in [5, 5.41) is 4.02. The van der Waals surface area contributed by atoms with E-state index in [1.54, 1.807) is 10.9 Å². The first kappa shape index (κ1) is 8.20. The number of nitrogens with zero attached hydrogens (tertiary/aromatic N) is 2. The van der Waals surface area contributed by atoms with Gasteiger partial charge in [0.2, 0.25) is 5.88 Å². The summed E-state index contributed by atoms with van der Waals surface area (Å²) in [6, 6.07) is 0. The number of nitrogen functional groups attached to an aromatic ring is 1. The first-order valence-corrected chi connectivity index (χ1v) is 3.32. The molecular formula is C6H10ClN3O. The van der Waals surface area contributed by atoms with Crippen LogP contribution in [0.2, 0.25) is 0 Å². The topological polar surface area (TPSA) is 53.1 Å². The van der Waals surface area contributed by atoms with Gasteiger partial charge in [0, 0.05) is 13.0 Å². The molecule has 4 nitrogen and oxygen atoms in total. The minimum absolute atomic E-state index is 0. The summed E-state index contributed by atoms with van der Waals surface area (Å²) in [5.41, 5.74) is 6.19. The third kappa shape index (κ3) is 1.26. The number of anilines is 1.